The molecule has 1 N–H and O–H groups in total. The van der Waals surface area contributed by atoms with E-state index >= 15 is 0 Å². The molecule has 0 fully saturated rings. The lowest BCUT2D eigenvalue weighted by molar-refractivity contribution is 0.181. The SMILES string of the molecule is COc1cc(CC(O)c2cc3c(s2)CCC3)ncn1. The molecular weight excluding hydrogens is 260 g/mol. The number of methoxy groups -OCH3 is 1. The summed E-state index contributed by atoms with van der Waals surface area (Å²) in [4.78, 5) is 10.6. The third-order valence-electron chi connectivity index (χ3n) is 3.40. The van der Waals surface area contributed by atoms with Gasteiger partial charge in [0.2, 0.25) is 5.88 Å². The van der Waals surface area contributed by atoms with Gasteiger partial charge < -0.3 is 9.84 Å². The predicted molar refractivity (Wildman–Crippen MR) is 73.6 cm³/mol. The summed E-state index contributed by atoms with van der Waals surface area (Å²) in [5.41, 5.74) is 2.22. The van der Waals surface area contributed by atoms with Crippen LogP contribution in [0, 0.1) is 0 Å². The van der Waals surface area contributed by atoms with E-state index in [0.29, 0.717) is 12.3 Å². The number of nitrogens with zero attached hydrogens (tertiary/aromatic N) is 2. The minimum Gasteiger partial charge on any atom is -0.481 e. The number of fused-ring (bicyclic) bond motifs is 1. The van der Waals surface area contributed by atoms with Crippen LogP contribution in [0.1, 0.15) is 33.5 Å². The predicted octanol–water partition coefficient (Wildman–Crippen LogP) is 2.31. The van der Waals surface area contributed by atoms with Crippen LogP contribution in [-0.2, 0) is 19.3 Å². The number of aromatic nitrogens is 2. The summed E-state index contributed by atoms with van der Waals surface area (Å²) in [7, 11) is 1.58. The van der Waals surface area contributed by atoms with Gasteiger partial charge in [0.1, 0.15) is 6.33 Å². The Bertz CT molecular complexity index is 561. The van der Waals surface area contributed by atoms with E-state index in [2.05, 4.69) is 16.0 Å². The van der Waals surface area contributed by atoms with Crippen molar-refractivity contribution < 1.29 is 9.84 Å². The average Bonchev–Trinajstić information content (AvgIpc) is 2.99. The number of rotatable bonds is 4. The van der Waals surface area contributed by atoms with Gasteiger partial charge in [0.15, 0.2) is 0 Å². The van der Waals surface area contributed by atoms with Crippen LogP contribution in [0.3, 0.4) is 0 Å². The lowest BCUT2D eigenvalue weighted by atomic mass is 10.1. The molecule has 0 saturated carbocycles. The molecule has 5 heteroatoms. The maximum atomic E-state index is 10.3. The molecule has 1 unspecified atom stereocenters. The fraction of sp³-hybridized carbons (Fsp3) is 0.429. The molecule has 0 aliphatic heterocycles. The highest BCUT2D eigenvalue weighted by molar-refractivity contribution is 7.12. The molecule has 1 atom stereocenters. The fourth-order valence-electron chi connectivity index (χ4n) is 2.42. The lowest BCUT2D eigenvalue weighted by Crippen LogP contribution is -2.02. The summed E-state index contributed by atoms with van der Waals surface area (Å²) < 4.78 is 5.06. The molecule has 1 aliphatic carbocycles. The molecule has 4 nitrogen and oxygen atoms in total. The fourth-order valence-corrected chi connectivity index (χ4v) is 3.66. The number of aryl methyl sites for hydroxylation is 2. The van der Waals surface area contributed by atoms with Gasteiger partial charge in [0.05, 0.1) is 18.9 Å². The molecule has 0 bridgehead atoms. The highest BCUT2D eigenvalue weighted by Gasteiger charge is 2.19. The summed E-state index contributed by atoms with van der Waals surface area (Å²) in [5, 5.41) is 10.3. The Kier molecular flexibility index (Phi) is 3.48. The summed E-state index contributed by atoms with van der Waals surface area (Å²) in [5.74, 6) is 0.533. The monoisotopic (exact) mass is 276 g/mol. The van der Waals surface area contributed by atoms with E-state index in [1.807, 2.05) is 0 Å². The maximum absolute atomic E-state index is 10.3. The van der Waals surface area contributed by atoms with E-state index in [0.717, 1.165) is 23.4 Å². The van der Waals surface area contributed by atoms with Crippen molar-refractivity contribution in [3.8, 4) is 5.88 Å². The van der Waals surface area contributed by atoms with E-state index in [-0.39, 0.29) is 0 Å². The quantitative estimate of drug-likeness (QED) is 0.931. The summed E-state index contributed by atoms with van der Waals surface area (Å²) >= 11 is 1.73. The first-order valence-electron chi connectivity index (χ1n) is 6.40. The van der Waals surface area contributed by atoms with Crippen LogP contribution in [0.25, 0.3) is 0 Å². The van der Waals surface area contributed by atoms with E-state index in [9.17, 15) is 5.11 Å². The lowest BCUT2D eigenvalue weighted by Gasteiger charge is -2.08. The van der Waals surface area contributed by atoms with E-state index < -0.39 is 6.10 Å². The van der Waals surface area contributed by atoms with Crippen LogP contribution in [-0.4, -0.2) is 22.2 Å². The summed E-state index contributed by atoms with van der Waals surface area (Å²) in [6.45, 7) is 0. The zero-order chi connectivity index (χ0) is 13.2. The van der Waals surface area contributed by atoms with Crippen molar-refractivity contribution in [2.75, 3.05) is 7.11 Å². The molecule has 2 heterocycles. The first-order valence-corrected chi connectivity index (χ1v) is 7.22. The van der Waals surface area contributed by atoms with Crippen LogP contribution in [0.4, 0.5) is 0 Å². The molecule has 0 saturated heterocycles. The van der Waals surface area contributed by atoms with Gasteiger partial charge in [0, 0.05) is 22.2 Å². The zero-order valence-corrected chi connectivity index (χ0v) is 11.6. The van der Waals surface area contributed by atoms with Gasteiger partial charge in [-0.2, -0.15) is 0 Å². The zero-order valence-electron chi connectivity index (χ0n) is 10.8. The Hall–Kier alpha value is -1.46. The van der Waals surface area contributed by atoms with Crippen LogP contribution in [0.2, 0.25) is 0 Å². The Labute approximate surface area is 116 Å². The number of aliphatic hydroxyl groups is 1. The average molecular weight is 276 g/mol. The van der Waals surface area contributed by atoms with Crippen LogP contribution < -0.4 is 4.74 Å². The first kappa shape index (κ1) is 12.6. The topological polar surface area (TPSA) is 55.2 Å². The van der Waals surface area contributed by atoms with Gasteiger partial charge >= 0.3 is 0 Å². The second kappa shape index (κ2) is 5.27. The van der Waals surface area contributed by atoms with Crippen molar-refractivity contribution >= 4 is 11.3 Å². The molecule has 19 heavy (non-hydrogen) atoms. The third kappa shape index (κ3) is 2.62. The Morgan fingerprint density at radius 3 is 3.05 bits per heavy atom. The second-order valence-electron chi connectivity index (χ2n) is 4.72. The summed E-state index contributed by atoms with van der Waals surface area (Å²) in [6.07, 6.45) is 5.04. The molecule has 0 spiro atoms. The third-order valence-corrected chi connectivity index (χ3v) is 4.74. The highest BCUT2D eigenvalue weighted by atomic mass is 32.1. The number of hydrogen-bond donors (Lipinski definition) is 1. The van der Waals surface area contributed by atoms with Crippen LogP contribution in [0.15, 0.2) is 18.5 Å². The van der Waals surface area contributed by atoms with Crippen LogP contribution >= 0.6 is 11.3 Å². The number of thiophene rings is 1. The molecule has 2 aromatic heterocycles. The van der Waals surface area contributed by atoms with Gasteiger partial charge in [-0.3, -0.25) is 0 Å². The van der Waals surface area contributed by atoms with Crippen molar-refractivity contribution in [2.24, 2.45) is 0 Å². The van der Waals surface area contributed by atoms with Gasteiger partial charge in [0.25, 0.3) is 0 Å². The normalized spacial score (nSPS) is 15.3. The van der Waals surface area contributed by atoms with Crippen LogP contribution in [0.5, 0.6) is 5.88 Å². The maximum Gasteiger partial charge on any atom is 0.216 e. The highest BCUT2D eigenvalue weighted by Crippen LogP contribution is 2.34. The molecule has 2 aromatic rings. The molecule has 0 radical (unpaired) electrons. The minimum atomic E-state index is -0.491. The van der Waals surface area contributed by atoms with E-state index in [1.165, 1.54) is 23.2 Å². The van der Waals surface area contributed by atoms with Gasteiger partial charge in [-0.05, 0) is 30.9 Å². The van der Waals surface area contributed by atoms with Gasteiger partial charge in [-0.15, -0.1) is 11.3 Å². The molecule has 100 valence electrons. The first-order chi connectivity index (χ1) is 9.26. The smallest absolute Gasteiger partial charge is 0.216 e. The molecule has 0 amide bonds. The molecular formula is C14H16N2O2S. The van der Waals surface area contributed by atoms with E-state index in [1.54, 1.807) is 24.5 Å². The van der Waals surface area contributed by atoms with Crippen molar-refractivity contribution in [3.63, 3.8) is 0 Å². The van der Waals surface area contributed by atoms with Crippen molar-refractivity contribution in [2.45, 2.75) is 31.8 Å². The standard InChI is InChI=1S/C14H16N2O2S/c1-18-14-7-10(15-8-16-14)6-11(17)13-5-9-3-2-4-12(9)19-13/h5,7-8,11,17H,2-4,6H2,1H3. The van der Waals surface area contributed by atoms with Crippen molar-refractivity contribution in [3.05, 3.63) is 39.5 Å². The molecule has 1 aliphatic rings. The number of ether oxygens (including phenoxy) is 1. The van der Waals surface area contributed by atoms with Gasteiger partial charge in [-0.1, -0.05) is 0 Å². The van der Waals surface area contributed by atoms with Crippen molar-refractivity contribution in [1.29, 1.82) is 0 Å². The number of aliphatic hydroxyl groups excluding tert-OH is 1. The van der Waals surface area contributed by atoms with Gasteiger partial charge in [-0.25, -0.2) is 9.97 Å². The molecule has 0 aromatic carbocycles. The second-order valence-corrected chi connectivity index (χ2v) is 5.89. The largest absolute Gasteiger partial charge is 0.481 e. The van der Waals surface area contributed by atoms with Crippen molar-refractivity contribution in [1.82, 2.24) is 9.97 Å². The van der Waals surface area contributed by atoms with E-state index in [4.69, 9.17) is 4.74 Å². The minimum absolute atomic E-state index is 0.491. The summed E-state index contributed by atoms with van der Waals surface area (Å²) in [6, 6.07) is 3.92. The Balaban J connectivity index is 1.74. The number of hydrogen-bond acceptors (Lipinski definition) is 5. The Morgan fingerprint density at radius 2 is 2.26 bits per heavy atom. The Morgan fingerprint density at radius 1 is 1.37 bits per heavy atom. The molecule has 3 rings (SSSR count).